The average Bonchev–Trinajstić information content (AvgIpc) is 2.91. The lowest BCUT2D eigenvalue weighted by Crippen LogP contribution is -2.30. The third kappa shape index (κ3) is 2.51. The lowest BCUT2D eigenvalue weighted by molar-refractivity contribution is 0.437. The molecule has 0 saturated heterocycles. The second-order valence-electron chi connectivity index (χ2n) is 6.26. The van der Waals surface area contributed by atoms with Gasteiger partial charge in [0.25, 0.3) is 0 Å². The highest BCUT2D eigenvalue weighted by atomic mass is 14.9. The van der Waals surface area contributed by atoms with Crippen LogP contribution in [0.3, 0.4) is 0 Å². The van der Waals surface area contributed by atoms with E-state index in [4.69, 9.17) is 0 Å². The van der Waals surface area contributed by atoms with E-state index in [0.29, 0.717) is 5.41 Å². The summed E-state index contributed by atoms with van der Waals surface area (Å²) in [7, 11) is 0. The van der Waals surface area contributed by atoms with Gasteiger partial charge in [-0.25, -0.2) is 0 Å². The monoisotopic (exact) mass is 221 g/mol. The van der Waals surface area contributed by atoms with E-state index >= 15 is 0 Å². The molecule has 2 aliphatic rings. The molecular weight excluding hydrogens is 194 g/mol. The first-order chi connectivity index (χ1) is 7.65. The standard InChI is InChI=1S/C15H27N/c1-12(2)10-16-11-15(9-13(15)3)14-7-5-4-6-8-14/h7,12-13,16H,4-6,8-11H2,1-3H3. The fraction of sp³-hybridized carbons (Fsp3) is 0.867. The molecule has 1 heteroatoms. The summed E-state index contributed by atoms with van der Waals surface area (Å²) in [5, 5.41) is 3.67. The molecular formula is C15H27N. The summed E-state index contributed by atoms with van der Waals surface area (Å²) in [6.07, 6.45) is 9.49. The highest BCUT2D eigenvalue weighted by Crippen LogP contribution is 2.58. The van der Waals surface area contributed by atoms with Crippen LogP contribution in [0, 0.1) is 17.3 Å². The molecule has 0 spiro atoms. The Bertz CT molecular complexity index is 267. The van der Waals surface area contributed by atoms with Crippen molar-refractivity contribution in [2.75, 3.05) is 13.1 Å². The van der Waals surface area contributed by atoms with Crippen LogP contribution in [0.15, 0.2) is 11.6 Å². The maximum absolute atomic E-state index is 3.67. The van der Waals surface area contributed by atoms with Gasteiger partial charge in [-0.15, -0.1) is 0 Å². The first-order valence-corrected chi connectivity index (χ1v) is 7.05. The third-order valence-electron chi connectivity index (χ3n) is 4.38. The Balaban J connectivity index is 1.90. The summed E-state index contributed by atoms with van der Waals surface area (Å²) in [5.74, 6) is 1.68. The third-order valence-corrected chi connectivity index (χ3v) is 4.38. The molecule has 0 aliphatic heterocycles. The molecule has 0 amide bonds. The quantitative estimate of drug-likeness (QED) is 0.697. The van der Waals surface area contributed by atoms with Crippen molar-refractivity contribution in [2.24, 2.45) is 17.3 Å². The van der Waals surface area contributed by atoms with E-state index in [-0.39, 0.29) is 0 Å². The number of allylic oxidation sites excluding steroid dienone is 1. The fourth-order valence-electron chi connectivity index (χ4n) is 3.17. The molecule has 1 fully saturated rings. The minimum absolute atomic E-state index is 0.565. The maximum atomic E-state index is 3.67. The zero-order chi connectivity index (χ0) is 11.6. The predicted octanol–water partition coefficient (Wildman–Crippen LogP) is 3.76. The van der Waals surface area contributed by atoms with Gasteiger partial charge in [-0.2, -0.15) is 0 Å². The molecule has 0 radical (unpaired) electrons. The van der Waals surface area contributed by atoms with Crippen LogP contribution in [-0.4, -0.2) is 13.1 Å². The highest BCUT2D eigenvalue weighted by Gasteiger charge is 2.52. The van der Waals surface area contributed by atoms with Crippen LogP contribution in [0.1, 0.15) is 52.9 Å². The first-order valence-electron chi connectivity index (χ1n) is 7.05. The lowest BCUT2D eigenvalue weighted by Gasteiger charge is -2.25. The van der Waals surface area contributed by atoms with Crippen LogP contribution < -0.4 is 5.32 Å². The molecule has 0 heterocycles. The lowest BCUT2D eigenvalue weighted by atomic mass is 9.85. The summed E-state index contributed by atoms with van der Waals surface area (Å²) in [6, 6.07) is 0. The van der Waals surface area contributed by atoms with Gasteiger partial charge < -0.3 is 5.32 Å². The van der Waals surface area contributed by atoms with Crippen molar-refractivity contribution in [3.63, 3.8) is 0 Å². The van der Waals surface area contributed by atoms with Crippen LogP contribution in [0.4, 0.5) is 0 Å². The molecule has 0 aromatic rings. The van der Waals surface area contributed by atoms with Gasteiger partial charge in [0, 0.05) is 12.0 Å². The Morgan fingerprint density at radius 3 is 2.69 bits per heavy atom. The Kier molecular flexibility index (Phi) is 3.73. The van der Waals surface area contributed by atoms with Crippen molar-refractivity contribution < 1.29 is 0 Å². The molecule has 0 bridgehead atoms. The van der Waals surface area contributed by atoms with E-state index in [0.717, 1.165) is 11.8 Å². The molecule has 2 rings (SSSR count). The van der Waals surface area contributed by atoms with Crippen LogP contribution in [0.5, 0.6) is 0 Å². The zero-order valence-corrected chi connectivity index (χ0v) is 11.2. The first kappa shape index (κ1) is 12.2. The Hall–Kier alpha value is -0.300. The van der Waals surface area contributed by atoms with Gasteiger partial charge in [-0.1, -0.05) is 32.4 Å². The molecule has 0 aromatic carbocycles. The fourth-order valence-corrected chi connectivity index (χ4v) is 3.17. The molecule has 0 aromatic heterocycles. The van der Waals surface area contributed by atoms with Gasteiger partial charge in [0.2, 0.25) is 0 Å². The van der Waals surface area contributed by atoms with Crippen molar-refractivity contribution in [3.8, 4) is 0 Å². The Labute approximate surface area is 101 Å². The van der Waals surface area contributed by atoms with E-state index in [1.54, 1.807) is 5.57 Å². The molecule has 1 N–H and O–H groups in total. The van der Waals surface area contributed by atoms with E-state index < -0.39 is 0 Å². The molecule has 1 nitrogen and oxygen atoms in total. The van der Waals surface area contributed by atoms with Crippen LogP contribution in [0.25, 0.3) is 0 Å². The Morgan fingerprint density at radius 2 is 2.19 bits per heavy atom. The molecule has 2 aliphatic carbocycles. The minimum atomic E-state index is 0.565. The second-order valence-corrected chi connectivity index (χ2v) is 6.26. The molecule has 2 unspecified atom stereocenters. The van der Waals surface area contributed by atoms with Gasteiger partial charge in [0.05, 0.1) is 0 Å². The summed E-state index contributed by atoms with van der Waals surface area (Å²) in [5.41, 5.74) is 2.34. The number of rotatable bonds is 5. The molecule has 92 valence electrons. The molecule has 2 atom stereocenters. The largest absolute Gasteiger partial charge is 0.316 e. The van der Waals surface area contributed by atoms with E-state index in [9.17, 15) is 0 Å². The normalized spacial score (nSPS) is 34.0. The summed E-state index contributed by atoms with van der Waals surface area (Å²) in [4.78, 5) is 0. The Morgan fingerprint density at radius 1 is 1.44 bits per heavy atom. The summed E-state index contributed by atoms with van der Waals surface area (Å²) in [6.45, 7) is 9.39. The molecule has 1 saturated carbocycles. The summed E-state index contributed by atoms with van der Waals surface area (Å²) < 4.78 is 0. The second kappa shape index (κ2) is 4.91. The van der Waals surface area contributed by atoms with Crippen LogP contribution in [0.2, 0.25) is 0 Å². The van der Waals surface area contributed by atoms with Gasteiger partial charge in [0.1, 0.15) is 0 Å². The van der Waals surface area contributed by atoms with E-state index in [1.807, 2.05) is 0 Å². The van der Waals surface area contributed by atoms with Crippen molar-refractivity contribution in [1.29, 1.82) is 0 Å². The van der Waals surface area contributed by atoms with Crippen molar-refractivity contribution in [1.82, 2.24) is 5.32 Å². The average molecular weight is 221 g/mol. The predicted molar refractivity (Wildman–Crippen MR) is 70.5 cm³/mol. The minimum Gasteiger partial charge on any atom is -0.316 e. The highest BCUT2D eigenvalue weighted by molar-refractivity contribution is 5.26. The smallest absolute Gasteiger partial charge is 0.00654 e. The van der Waals surface area contributed by atoms with Gasteiger partial charge >= 0.3 is 0 Å². The van der Waals surface area contributed by atoms with Crippen molar-refractivity contribution in [2.45, 2.75) is 52.9 Å². The zero-order valence-electron chi connectivity index (χ0n) is 11.2. The van der Waals surface area contributed by atoms with Gasteiger partial charge in [0.15, 0.2) is 0 Å². The number of hydrogen-bond acceptors (Lipinski definition) is 1. The summed E-state index contributed by atoms with van der Waals surface area (Å²) >= 11 is 0. The number of nitrogens with one attached hydrogen (secondary N) is 1. The van der Waals surface area contributed by atoms with Gasteiger partial charge in [-0.05, 0) is 50.5 Å². The van der Waals surface area contributed by atoms with Crippen molar-refractivity contribution in [3.05, 3.63) is 11.6 Å². The van der Waals surface area contributed by atoms with E-state index in [1.165, 1.54) is 45.2 Å². The van der Waals surface area contributed by atoms with Crippen molar-refractivity contribution >= 4 is 0 Å². The maximum Gasteiger partial charge on any atom is 0.00654 e. The van der Waals surface area contributed by atoms with Crippen LogP contribution in [-0.2, 0) is 0 Å². The van der Waals surface area contributed by atoms with Gasteiger partial charge in [-0.3, -0.25) is 0 Å². The number of hydrogen-bond donors (Lipinski definition) is 1. The molecule has 16 heavy (non-hydrogen) atoms. The van der Waals surface area contributed by atoms with E-state index in [2.05, 4.69) is 32.2 Å². The SMILES string of the molecule is CC(C)CNCC1(C2=CCCCC2)CC1C. The topological polar surface area (TPSA) is 12.0 Å². The van der Waals surface area contributed by atoms with Crippen LogP contribution >= 0.6 is 0 Å².